The molecule has 1 aliphatic heterocycles. The van der Waals surface area contributed by atoms with Crippen molar-refractivity contribution in [1.82, 2.24) is 25.1 Å². The first-order valence-electron chi connectivity index (χ1n) is 9.69. The highest BCUT2D eigenvalue weighted by atomic mass is 16.2. The summed E-state index contributed by atoms with van der Waals surface area (Å²) in [7, 11) is 0. The molecule has 0 aliphatic carbocycles. The number of hydrogen-bond donors (Lipinski definition) is 2. The summed E-state index contributed by atoms with van der Waals surface area (Å²) < 4.78 is 0. The molecule has 4 aromatic rings. The van der Waals surface area contributed by atoms with E-state index in [1.165, 1.54) is 0 Å². The highest BCUT2D eigenvalue weighted by molar-refractivity contribution is 6.01. The van der Waals surface area contributed by atoms with Crippen molar-refractivity contribution in [2.45, 2.75) is 19.4 Å². The Morgan fingerprint density at radius 2 is 1.79 bits per heavy atom. The smallest absolute Gasteiger partial charge is 0.258 e. The number of nitrogens with zero attached hydrogens (tertiary/aromatic N) is 3. The lowest BCUT2D eigenvalue weighted by molar-refractivity contribution is 0.0722. The molecule has 6 heteroatoms. The third kappa shape index (κ3) is 3.02. The zero-order valence-corrected chi connectivity index (χ0v) is 16.1. The topological polar surface area (TPSA) is 77.7 Å². The van der Waals surface area contributed by atoms with E-state index in [1.54, 1.807) is 6.33 Å². The molecular weight excluding hydrogens is 362 g/mol. The van der Waals surface area contributed by atoms with E-state index >= 15 is 0 Å². The molecule has 1 aliphatic rings. The number of rotatable bonds is 3. The fourth-order valence-electron chi connectivity index (χ4n) is 4.08. The maximum absolute atomic E-state index is 13.6. The van der Waals surface area contributed by atoms with Gasteiger partial charge < -0.3 is 9.88 Å². The minimum absolute atomic E-state index is 0.0173. The minimum atomic E-state index is -0.0173. The zero-order valence-electron chi connectivity index (χ0n) is 16.1. The molecule has 0 saturated heterocycles. The van der Waals surface area contributed by atoms with Gasteiger partial charge in [0.1, 0.15) is 5.69 Å². The molecule has 0 spiro atoms. The number of carbonyl (C=O) groups excluding carboxylic acids is 1. The lowest BCUT2D eigenvalue weighted by Gasteiger charge is -2.32. The van der Waals surface area contributed by atoms with Crippen molar-refractivity contribution in [2.75, 3.05) is 6.54 Å². The Morgan fingerprint density at radius 1 is 1.07 bits per heavy atom. The predicted octanol–water partition coefficient (Wildman–Crippen LogP) is 3.90. The Labute approximate surface area is 168 Å². The molecule has 5 rings (SSSR count). The van der Waals surface area contributed by atoms with Gasteiger partial charge in [0.2, 0.25) is 0 Å². The summed E-state index contributed by atoms with van der Waals surface area (Å²) >= 11 is 0. The first-order valence-corrected chi connectivity index (χ1v) is 9.69. The minimum Gasteiger partial charge on any atom is -0.347 e. The number of nitrogens with one attached hydrogen (secondary N) is 2. The molecule has 0 bridgehead atoms. The van der Waals surface area contributed by atoms with Crippen molar-refractivity contribution in [1.29, 1.82) is 0 Å². The van der Waals surface area contributed by atoms with Crippen LogP contribution >= 0.6 is 0 Å². The quantitative estimate of drug-likeness (QED) is 0.563. The summed E-state index contributed by atoms with van der Waals surface area (Å²) in [4.78, 5) is 23.3. The Morgan fingerprint density at radius 3 is 2.55 bits per heavy atom. The molecule has 1 unspecified atom stereocenters. The summed E-state index contributed by atoms with van der Waals surface area (Å²) in [5.74, 6) is 0.0267. The van der Waals surface area contributed by atoms with Crippen molar-refractivity contribution in [3.8, 4) is 11.3 Å². The van der Waals surface area contributed by atoms with E-state index < -0.39 is 0 Å². The molecule has 2 aromatic heterocycles. The highest BCUT2D eigenvalue weighted by Gasteiger charge is 2.33. The molecule has 6 nitrogen and oxygen atoms in total. The molecule has 0 fully saturated rings. The molecular formula is C23H21N5O. The summed E-state index contributed by atoms with van der Waals surface area (Å²) in [5.41, 5.74) is 6.20. The summed E-state index contributed by atoms with van der Waals surface area (Å²) in [6.45, 7) is 2.99. The summed E-state index contributed by atoms with van der Waals surface area (Å²) in [5, 5.41) is 7.42. The molecule has 3 heterocycles. The van der Waals surface area contributed by atoms with Gasteiger partial charge in [-0.15, -0.1) is 0 Å². The second-order valence-electron chi connectivity index (χ2n) is 7.35. The van der Waals surface area contributed by atoms with Crippen LogP contribution in [0.1, 0.15) is 38.9 Å². The van der Waals surface area contributed by atoms with Crippen molar-refractivity contribution in [2.24, 2.45) is 0 Å². The van der Waals surface area contributed by atoms with Crippen LogP contribution in [0.2, 0.25) is 0 Å². The lowest BCUT2D eigenvalue weighted by Crippen LogP contribution is -2.39. The number of hydrogen-bond acceptors (Lipinski definition) is 3. The van der Waals surface area contributed by atoms with E-state index in [0.29, 0.717) is 24.3 Å². The number of H-pyrrole nitrogens is 2. The van der Waals surface area contributed by atoms with E-state index in [2.05, 4.69) is 32.3 Å². The molecule has 144 valence electrons. The SMILES string of the molecule is Cc1[nH]nc(-c2ccccc2)c1C(=O)N1Cc2[nH]cnc2C(c2ccccc2)C1. The summed E-state index contributed by atoms with van der Waals surface area (Å²) in [6, 6.07) is 20.1. The number of aromatic nitrogens is 4. The second-order valence-corrected chi connectivity index (χ2v) is 7.35. The zero-order chi connectivity index (χ0) is 19.8. The third-order valence-corrected chi connectivity index (χ3v) is 5.53. The number of imidazole rings is 1. The Hall–Kier alpha value is -3.67. The highest BCUT2D eigenvalue weighted by Crippen LogP contribution is 2.33. The van der Waals surface area contributed by atoms with Crippen LogP contribution in [0.15, 0.2) is 67.0 Å². The van der Waals surface area contributed by atoms with Gasteiger partial charge >= 0.3 is 0 Å². The monoisotopic (exact) mass is 383 g/mol. The maximum atomic E-state index is 13.6. The van der Waals surface area contributed by atoms with E-state index in [9.17, 15) is 4.79 Å². The van der Waals surface area contributed by atoms with Crippen LogP contribution in [0.3, 0.4) is 0 Å². The van der Waals surface area contributed by atoms with Gasteiger partial charge in [-0.05, 0) is 12.5 Å². The fraction of sp³-hybridized carbons (Fsp3) is 0.174. The van der Waals surface area contributed by atoms with E-state index in [4.69, 9.17) is 0 Å². The average Bonchev–Trinajstić information content (AvgIpc) is 3.40. The Bertz CT molecular complexity index is 1150. The molecule has 1 atom stereocenters. The van der Waals surface area contributed by atoms with Gasteiger partial charge in [-0.25, -0.2) is 4.98 Å². The van der Waals surface area contributed by atoms with Crippen LogP contribution < -0.4 is 0 Å². The lowest BCUT2D eigenvalue weighted by atomic mass is 9.90. The van der Waals surface area contributed by atoms with Crippen molar-refractivity contribution in [3.05, 3.63) is 95.2 Å². The first-order chi connectivity index (χ1) is 14.2. The molecule has 2 aromatic carbocycles. The number of aromatic amines is 2. The van der Waals surface area contributed by atoms with Gasteiger partial charge in [-0.1, -0.05) is 60.7 Å². The van der Waals surface area contributed by atoms with E-state index in [1.807, 2.05) is 60.4 Å². The van der Waals surface area contributed by atoms with Gasteiger partial charge in [0.05, 0.1) is 29.8 Å². The van der Waals surface area contributed by atoms with Gasteiger partial charge in [0.15, 0.2) is 0 Å². The Kier molecular flexibility index (Phi) is 4.24. The molecule has 2 N–H and O–H groups in total. The maximum Gasteiger partial charge on any atom is 0.258 e. The standard InChI is InChI=1S/C23H21N5O/c1-15-20(21(27-26-15)17-10-6-3-7-11-17)23(29)28-12-18(16-8-4-2-5-9-16)22-19(13-28)24-14-25-22/h2-11,14,18H,12-13H2,1H3,(H,24,25)(H,26,27). The van der Waals surface area contributed by atoms with E-state index in [-0.39, 0.29) is 11.8 Å². The molecule has 1 amide bonds. The van der Waals surface area contributed by atoms with Crippen LogP contribution in [-0.2, 0) is 6.54 Å². The molecule has 0 saturated carbocycles. The van der Waals surface area contributed by atoms with Crippen molar-refractivity contribution < 1.29 is 4.79 Å². The number of fused-ring (bicyclic) bond motifs is 1. The third-order valence-electron chi connectivity index (χ3n) is 5.53. The Balaban J connectivity index is 1.53. The fourth-order valence-corrected chi connectivity index (χ4v) is 4.08. The van der Waals surface area contributed by atoms with Crippen LogP contribution in [-0.4, -0.2) is 37.5 Å². The first kappa shape index (κ1) is 17.4. The van der Waals surface area contributed by atoms with E-state index in [0.717, 1.165) is 28.2 Å². The number of carbonyl (C=O) groups is 1. The number of amides is 1. The number of aryl methyl sites for hydroxylation is 1. The van der Waals surface area contributed by atoms with Gasteiger partial charge in [-0.3, -0.25) is 9.89 Å². The van der Waals surface area contributed by atoms with Crippen molar-refractivity contribution in [3.63, 3.8) is 0 Å². The van der Waals surface area contributed by atoms with Crippen molar-refractivity contribution >= 4 is 5.91 Å². The average molecular weight is 383 g/mol. The van der Waals surface area contributed by atoms with Gasteiger partial charge in [0.25, 0.3) is 5.91 Å². The van der Waals surface area contributed by atoms with Crippen LogP contribution in [0, 0.1) is 6.92 Å². The number of benzene rings is 2. The van der Waals surface area contributed by atoms with Gasteiger partial charge in [0, 0.05) is 23.7 Å². The molecule has 0 radical (unpaired) electrons. The summed E-state index contributed by atoms with van der Waals surface area (Å²) in [6.07, 6.45) is 1.72. The normalized spacial score (nSPS) is 15.9. The van der Waals surface area contributed by atoms with Crippen LogP contribution in [0.5, 0.6) is 0 Å². The van der Waals surface area contributed by atoms with Crippen LogP contribution in [0.25, 0.3) is 11.3 Å². The predicted molar refractivity (Wildman–Crippen MR) is 110 cm³/mol. The van der Waals surface area contributed by atoms with Crippen LogP contribution in [0.4, 0.5) is 0 Å². The van der Waals surface area contributed by atoms with Gasteiger partial charge in [-0.2, -0.15) is 5.10 Å². The second kappa shape index (κ2) is 7.05. The largest absolute Gasteiger partial charge is 0.347 e. The molecule has 29 heavy (non-hydrogen) atoms.